The first-order valence-corrected chi connectivity index (χ1v) is 10.9. The maximum atomic E-state index is 13.9. The monoisotopic (exact) mass is 464 g/mol. The molecule has 1 unspecified atom stereocenters. The van der Waals surface area contributed by atoms with E-state index in [9.17, 15) is 14.9 Å². The van der Waals surface area contributed by atoms with Crippen molar-refractivity contribution in [2.45, 2.75) is 24.7 Å². The molecule has 6 nitrogen and oxygen atoms in total. The summed E-state index contributed by atoms with van der Waals surface area (Å²) in [4.78, 5) is 30.4. The number of hydrogen-bond acceptors (Lipinski definition) is 5. The molecular weight excluding hydrogens is 447 g/mol. The van der Waals surface area contributed by atoms with Crippen LogP contribution in [0.1, 0.15) is 24.8 Å². The number of allylic oxidation sites excluding steroid dienone is 1. The van der Waals surface area contributed by atoms with Gasteiger partial charge in [0.25, 0.3) is 0 Å². The van der Waals surface area contributed by atoms with Crippen molar-refractivity contribution < 1.29 is 9.59 Å². The molecule has 1 atom stereocenters. The van der Waals surface area contributed by atoms with E-state index in [1.807, 2.05) is 6.07 Å². The second kappa shape index (κ2) is 7.13. The average Bonchev–Trinajstić information content (AvgIpc) is 3.00. The van der Waals surface area contributed by atoms with Crippen molar-refractivity contribution in [2.75, 3.05) is 16.8 Å². The molecule has 1 spiro atoms. The van der Waals surface area contributed by atoms with E-state index in [-0.39, 0.29) is 34.5 Å². The number of benzene rings is 2. The molecule has 2 N–H and O–H groups in total. The minimum atomic E-state index is -1.57. The van der Waals surface area contributed by atoms with Crippen LogP contribution < -0.4 is 15.5 Å². The van der Waals surface area contributed by atoms with Crippen LogP contribution in [0.2, 0.25) is 10.0 Å². The summed E-state index contributed by atoms with van der Waals surface area (Å²) in [5, 5.41) is 10.9. The number of Topliss-reactive ketones (excluding diaryl/α,β-unsaturated/α-hetero) is 1. The number of fused-ring (bicyclic) bond motifs is 3. The second-order valence-electron chi connectivity index (χ2n) is 8.01. The van der Waals surface area contributed by atoms with Gasteiger partial charge in [0.05, 0.1) is 21.3 Å². The van der Waals surface area contributed by atoms with Crippen LogP contribution in [-0.4, -0.2) is 18.7 Å². The molecule has 8 heteroatoms. The van der Waals surface area contributed by atoms with Gasteiger partial charge < -0.3 is 10.6 Å². The predicted octanol–water partition coefficient (Wildman–Crippen LogP) is 4.43. The Morgan fingerprint density at radius 3 is 2.53 bits per heavy atom. The normalized spacial score (nSPS) is 22.4. The zero-order valence-electron chi connectivity index (χ0n) is 17.2. The highest BCUT2D eigenvalue weighted by molar-refractivity contribution is 6.43. The van der Waals surface area contributed by atoms with Crippen LogP contribution >= 0.6 is 23.2 Å². The van der Waals surface area contributed by atoms with E-state index in [1.54, 1.807) is 48.3 Å². The molecule has 2 aromatic carbocycles. The van der Waals surface area contributed by atoms with Crippen molar-refractivity contribution in [1.29, 1.82) is 5.26 Å². The molecule has 1 aliphatic carbocycles. The standard InChI is InChI=1S/C24H18Cl2N4O2/c1-29-16-8-3-2-6-13(16)24(23(29)32)14(12-27)22(28)30(17-9-5-11-19(31)20(17)24)18-10-4-7-15(25)21(18)26/h2-4,6-8,10H,5,9,11,28H2,1H3. The number of halogens is 2. The minimum absolute atomic E-state index is 0.0179. The first-order valence-electron chi connectivity index (χ1n) is 10.1. The van der Waals surface area contributed by atoms with Crippen LogP contribution in [0.3, 0.4) is 0 Å². The van der Waals surface area contributed by atoms with Crippen LogP contribution in [0, 0.1) is 11.3 Å². The Morgan fingerprint density at radius 1 is 1.06 bits per heavy atom. The number of likely N-dealkylation sites (N-methyl/N-ethyl adjacent to an activating group) is 1. The molecule has 2 heterocycles. The van der Waals surface area contributed by atoms with Crippen molar-refractivity contribution in [1.82, 2.24) is 0 Å². The second-order valence-corrected chi connectivity index (χ2v) is 8.80. The van der Waals surface area contributed by atoms with E-state index < -0.39 is 5.41 Å². The molecule has 0 radical (unpaired) electrons. The Bertz CT molecular complexity index is 1320. The highest BCUT2D eigenvalue weighted by Gasteiger charge is 2.61. The molecule has 1 amide bonds. The summed E-state index contributed by atoms with van der Waals surface area (Å²) >= 11 is 12.8. The van der Waals surface area contributed by atoms with Crippen LogP contribution in [0.5, 0.6) is 0 Å². The summed E-state index contributed by atoms with van der Waals surface area (Å²) in [6.45, 7) is 0. The molecule has 0 aromatic heterocycles. The van der Waals surface area contributed by atoms with Gasteiger partial charge in [-0.05, 0) is 31.0 Å². The van der Waals surface area contributed by atoms with E-state index in [4.69, 9.17) is 28.9 Å². The molecule has 0 fully saturated rings. The van der Waals surface area contributed by atoms with Crippen LogP contribution in [0.25, 0.3) is 0 Å². The van der Waals surface area contributed by atoms with E-state index in [2.05, 4.69) is 6.07 Å². The summed E-state index contributed by atoms with van der Waals surface area (Å²) < 4.78 is 0. The van der Waals surface area contributed by atoms with E-state index in [0.29, 0.717) is 46.1 Å². The minimum Gasteiger partial charge on any atom is -0.384 e. The smallest absolute Gasteiger partial charge is 0.247 e. The van der Waals surface area contributed by atoms with Gasteiger partial charge >= 0.3 is 0 Å². The lowest BCUT2D eigenvalue weighted by atomic mass is 9.64. The zero-order valence-corrected chi connectivity index (χ0v) is 18.7. The number of ketones is 1. The molecule has 0 saturated heterocycles. The van der Waals surface area contributed by atoms with Gasteiger partial charge in [0.15, 0.2) is 5.78 Å². The summed E-state index contributed by atoms with van der Waals surface area (Å²) in [6.07, 6.45) is 1.39. The SMILES string of the molecule is CN1C(=O)C2(C(C#N)=C(N)N(c3cccc(Cl)c3Cl)C3=C2C(=O)CCC3)c2ccccc21. The van der Waals surface area contributed by atoms with Gasteiger partial charge in [0, 0.05) is 36.0 Å². The van der Waals surface area contributed by atoms with E-state index in [0.717, 1.165) is 0 Å². The number of hydrogen-bond donors (Lipinski definition) is 1. The fraction of sp³-hybridized carbons (Fsp3) is 0.208. The molecular formula is C24H18Cl2N4O2. The fourth-order valence-electron chi connectivity index (χ4n) is 5.17. The summed E-state index contributed by atoms with van der Waals surface area (Å²) in [5.41, 5.74) is 7.66. The van der Waals surface area contributed by atoms with Crippen molar-refractivity contribution >= 4 is 46.3 Å². The van der Waals surface area contributed by atoms with Gasteiger partial charge in [-0.3, -0.25) is 14.5 Å². The third kappa shape index (κ3) is 2.41. The average molecular weight is 465 g/mol. The van der Waals surface area contributed by atoms with E-state index in [1.165, 1.54) is 4.90 Å². The van der Waals surface area contributed by atoms with Gasteiger partial charge in [-0.2, -0.15) is 5.26 Å². The molecule has 2 aromatic rings. The number of para-hydroxylation sites is 1. The number of carbonyl (C=O) groups is 2. The van der Waals surface area contributed by atoms with Gasteiger partial charge in [-0.15, -0.1) is 0 Å². The van der Waals surface area contributed by atoms with Crippen LogP contribution in [-0.2, 0) is 15.0 Å². The van der Waals surface area contributed by atoms with Crippen molar-refractivity contribution in [3.05, 3.63) is 80.7 Å². The van der Waals surface area contributed by atoms with Crippen LogP contribution in [0.15, 0.2) is 65.1 Å². The molecule has 0 saturated carbocycles. The van der Waals surface area contributed by atoms with Crippen molar-refractivity contribution in [2.24, 2.45) is 5.73 Å². The first kappa shape index (κ1) is 20.6. The maximum Gasteiger partial charge on any atom is 0.247 e. The molecule has 0 bridgehead atoms. The Balaban J connectivity index is 1.92. The highest BCUT2D eigenvalue weighted by Crippen LogP contribution is 2.56. The van der Waals surface area contributed by atoms with E-state index >= 15 is 0 Å². The molecule has 32 heavy (non-hydrogen) atoms. The molecule has 2 aliphatic heterocycles. The number of nitriles is 1. The zero-order chi connectivity index (χ0) is 22.8. The summed E-state index contributed by atoms with van der Waals surface area (Å²) in [7, 11) is 1.65. The Hall–Kier alpha value is -3.27. The number of carbonyl (C=O) groups excluding carboxylic acids is 2. The lowest BCUT2D eigenvalue weighted by molar-refractivity contribution is -0.124. The molecule has 160 valence electrons. The lowest BCUT2D eigenvalue weighted by Gasteiger charge is -2.44. The third-order valence-corrected chi connectivity index (χ3v) is 7.29. The van der Waals surface area contributed by atoms with Crippen molar-refractivity contribution in [3.63, 3.8) is 0 Å². The summed E-state index contributed by atoms with van der Waals surface area (Å²) in [5.74, 6) is -0.463. The third-order valence-electron chi connectivity index (χ3n) is 6.48. The molecule has 5 rings (SSSR count). The number of rotatable bonds is 1. The van der Waals surface area contributed by atoms with Gasteiger partial charge in [0.2, 0.25) is 5.91 Å². The topological polar surface area (TPSA) is 90.4 Å². The van der Waals surface area contributed by atoms with Crippen molar-refractivity contribution in [3.8, 4) is 6.07 Å². The number of nitrogens with zero attached hydrogens (tertiary/aromatic N) is 3. The number of anilines is 2. The fourth-order valence-corrected chi connectivity index (χ4v) is 5.55. The predicted molar refractivity (Wildman–Crippen MR) is 123 cm³/mol. The Labute approximate surface area is 195 Å². The molecule has 3 aliphatic rings. The first-order chi connectivity index (χ1) is 15.4. The highest BCUT2D eigenvalue weighted by atomic mass is 35.5. The largest absolute Gasteiger partial charge is 0.384 e. The maximum absolute atomic E-state index is 13.9. The summed E-state index contributed by atoms with van der Waals surface area (Å²) in [6, 6.07) is 14.5. The van der Waals surface area contributed by atoms with Gasteiger partial charge in [-0.1, -0.05) is 47.5 Å². The quantitative estimate of drug-likeness (QED) is 0.673. The Morgan fingerprint density at radius 2 is 1.78 bits per heavy atom. The lowest BCUT2D eigenvalue weighted by Crippen LogP contribution is -2.52. The van der Waals surface area contributed by atoms with Crippen LogP contribution in [0.4, 0.5) is 11.4 Å². The number of amides is 1. The van der Waals surface area contributed by atoms with Gasteiger partial charge in [0.1, 0.15) is 17.3 Å². The Kier molecular flexibility index (Phi) is 4.59. The number of nitrogens with two attached hydrogens (primary N) is 1. The van der Waals surface area contributed by atoms with Gasteiger partial charge in [-0.25, -0.2) is 0 Å².